The second kappa shape index (κ2) is 11.2. The molecule has 2 atom stereocenters. The molecular formula is C26H34FN5O3. The Bertz CT molecular complexity index is 1080. The van der Waals surface area contributed by atoms with Gasteiger partial charge in [-0.2, -0.15) is 0 Å². The van der Waals surface area contributed by atoms with Crippen molar-refractivity contribution in [2.45, 2.75) is 77.7 Å². The quantitative estimate of drug-likeness (QED) is 0.532. The van der Waals surface area contributed by atoms with Crippen molar-refractivity contribution in [2.24, 2.45) is 11.1 Å². The molecule has 9 heteroatoms. The third kappa shape index (κ3) is 6.61. The number of carbonyl (C=O) groups is 1. The molecule has 0 saturated heterocycles. The van der Waals surface area contributed by atoms with E-state index in [9.17, 15) is 14.3 Å². The summed E-state index contributed by atoms with van der Waals surface area (Å²) in [5.41, 5.74) is 2.96. The zero-order valence-electron chi connectivity index (χ0n) is 20.6. The first kappa shape index (κ1) is 25.2. The van der Waals surface area contributed by atoms with Gasteiger partial charge in [0, 0.05) is 25.6 Å². The number of amides is 1. The fourth-order valence-corrected chi connectivity index (χ4v) is 4.75. The van der Waals surface area contributed by atoms with E-state index in [0.29, 0.717) is 42.0 Å². The standard InChI is InChI=1S/C26H34FN5O3/c1-15-10-18(4-9-21(15)27)14-29-26(34)24-11-22(30-17(3)31-24)23-12-25(35-32-23)19-5-7-20(8-6-19)28-13-16(2)33/h4,9-11,16,19-20,25,28,33H,5-8,12-14H2,1-3H3,(H,29,34)/t16-,19?,20?,25-/m0/s1. The van der Waals surface area contributed by atoms with Crippen LogP contribution in [-0.4, -0.2) is 51.5 Å². The van der Waals surface area contributed by atoms with Crippen LogP contribution in [0.15, 0.2) is 29.4 Å². The molecule has 1 amide bonds. The number of aromatic nitrogens is 2. The molecule has 1 fully saturated rings. The van der Waals surface area contributed by atoms with Crippen LogP contribution < -0.4 is 10.6 Å². The molecule has 2 heterocycles. The summed E-state index contributed by atoms with van der Waals surface area (Å²) < 4.78 is 13.5. The van der Waals surface area contributed by atoms with Crippen LogP contribution in [-0.2, 0) is 11.4 Å². The van der Waals surface area contributed by atoms with Gasteiger partial charge < -0.3 is 20.6 Å². The van der Waals surface area contributed by atoms with Gasteiger partial charge in [-0.15, -0.1) is 0 Å². The average molecular weight is 484 g/mol. The predicted octanol–water partition coefficient (Wildman–Crippen LogP) is 3.18. The molecule has 1 saturated carbocycles. The van der Waals surface area contributed by atoms with Crippen LogP contribution in [0.1, 0.15) is 72.2 Å². The third-order valence-electron chi connectivity index (χ3n) is 6.73. The molecule has 2 aliphatic rings. The smallest absolute Gasteiger partial charge is 0.270 e. The van der Waals surface area contributed by atoms with Crippen LogP contribution in [0.4, 0.5) is 4.39 Å². The molecule has 1 aromatic heterocycles. The van der Waals surface area contributed by atoms with Crippen LogP contribution in [0.2, 0.25) is 0 Å². The highest BCUT2D eigenvalue weighted by Gasteiger charge is 2.34. The number of aryl methyl sites for hydroxylation is 2. The van der Waals surface area contributed by atoms with E-state index in [0.717, 1.165) is 37.0 Å². The van der Waals surface area contributed by atoms with Gasteiger partial charge in [0.15, 0.2) is 0 Å². The van der Waals surface area contributed by atoms with E-state index in [4.69, 9.17) is 4.84 Å². The maximum Gasteiger partial charge on any atom is 0.270 e. The third-order valence-corrected chi connectivity index (χ3v) is 6.73. The number of hydrogen-bond acceptors (Lipinski definition) is 7. The average Bonchev–Trinajstić information content (AvgIpc) is 3.33. The van der Waals surface area contributed by atoms with Crippen molar-refractivity contribution in [2.75, 3.05) is 6.54 Å². The number of nitrogens with one attached hydrogen (secondary N) is 2. The van der Waals surface area contributed by atoms with Crippen molar-refractivity contribution in [3.05, 3.63) is 58.4 Å². The van der Waals surface area contributed by atoms with Crippen molar-refractivity contribution in [1.29, 1.82) is 0 Å². The maximum atomic E-state index is 13.5. The summed E-state index contributed by atoms with van der Waals surface area (Å²) in [4.78, 5) is 27.3. The highest BCUT2D eigenvalue weighted by Crippen LogP contribution is 2.33. The molecule has 0 bridgehead atoms. The molecule has 0 spiro atoms. The number of benzene rings is 1. The van der Waals surface area contributed by atoms with Crippen molar-refractivity contribution < 1.29 is 19.1 Å². The molecular weight excluding hydrogens is 449 g/mol. The largest absolute Gasteiger partial charge is 0.392 e. The van der Waals surface area contributed by atoms with E-state index in [-0.39, 0.29) is 36.2 Å². The van der Waals surface area contributed by atoms with Gasteiger partial charge in [0.2, 0.25) is 0 Å². The summed E-state index contributed by atoms with van der Waals surface area (Å²) in [6.45, 7) is 6.13. The summed E-state index contributed by atoms with van der Waals surface area (Å²) >= 11 is 0. The Balaban J connectivity index is 1.33. The molecule has 1 aromatic carbocycles. The second-order valence-electron chi connectivity index (χ2n) is 9.71. The lowest BCUT2D eigenvalue weighted by molar-refractivity contribution is 0.0228. The molecule has 0 radical (unpaired) electrons. The molecule has 3 N–H and O–H groups in total. The Morgan fingerprint density at radius 2 is 1.97 bits per heavy atom. The lowest BCUT2D eigenvalue weighted by atomic mass is 9.81. The topological polar surface area (TPSA) is 109 Å². The summed E-state index contributed by atoms with van der Waals surface area (Å²) in [5.74, 6) is 0.319. The SMILES string of the molecule is Cc1nc(C(=O)NCc2ccc(F)c(C)c2)cc(C2=NO[C@H](C3CCC(NC[C@H](C)O)CC3)C2)n1. The summed E-state index contributed by atoms with van der Waals surface area (Å²) in [7, 11) is 0. The lowest BCUT2D eigenvalue weighted by Crippen LogP contribution is -2.39. The molecule has 35 heavy (non-hydrogen) atoms. The van der Waals surface area contributed by atoms with Gasteiger partial charge in [-0.3, -0.25) is 4.79 Å². The monoisotopic (exact) mass is 483 g/mol. The number of hydrogen-bond donors (Lipinski definition) is 3. The highest BCUT2D eigenvalue weighted by molar-refractivity contribution is 6.01. The Hall–Kier alpha value is -2.91. The number of halogens is 1. The zero-order chi connectivity index (χ0) is 24.9. The van der Waals surface area contributed by atoms with E-state index < -0.39 is 0 Å². The number of aliphatic hydroxyl groups is 1. The van der Waals surface area contributed by atoms with Crippen LogP contribution in [0.5, 0.6) is 0 Å². The summed E-state index contributed by atoms with van der Waals surface area (Å²) in [5, 5.41) is 20.0. The molecule has 0 unspecified atom stereocenters. The van der Waals surface area contributed by atoms with Crippen LogP contribution in [0.3, 0.4) is 0 Å². The van der Waals surface area contributed by atoms with Gasteiger partial charge in [0.1, 0.15) is 29.2 Å². The number of carbonyl (C=O) groups excluding carboxylic acids is 1. The molecule has 2 aromatic rings. The van der Waals surface area contributed by atoms with Gasteiger partial charge in [-0.1, -0.05) is 17.3 Å². The summed E-state index contributed by atoms with van der Waals surface area (Å²) in [6, 6.07) is 6.86. The minimum Gasteiger partial charge on any atom is -0.392 e. The van der Waals surface area contributed by atoms with Crippen molar-refractivity contribution in [1.82, 2.24) is 20.6 Å². The Kier molecular flexibility index (Phi) is 8.07. The number of aliphatic hydroxyl groups excluding tert-OH is 1. The minimum atomic E-state index is -0.336. The Labute approximate surface area is 205 Å². The van der Waals surface area contributed by atoms with Gasteiger partial charge in [0.25, 0.3) is 5.91 Å². The molecule has 1 aliphatic carbocycles. The molecule has 188 valence electrons. The molecule has 8 nitrogen and oxygen atoms in total. The molecule has 1 aliphatic heterocycles. The van der Waals surface area contributed by atoms with Gasteiger partial charge >= 0.3 is 0 Å². The minimum absolute atomic E-state index is 0.0111. The Morgan fingerprint density at radius 3 is 2.69 bits per heavy atom. The predicted molar refractivity (Wildman–Crippen MR) is 131 cm³/mol. The molecule has 4 rings (SSSR count). The van der Waals surface area contributed by atoms with E-state index in [1.807, 2.05) is 0 Å². The first-order valence-corrected chi connectivity index (χ1v) is 12.3. The first-order valence-electron chi connectivity index (χ1n) is 12.3. The second-order valence-corrected chi connectivity index (χ2v) is 9.71. The van der Waals surface area contributed by atoms with Gasteiger partial charge in [0.05, 0.1) is 11.8 Å². The van der Waals surface area contributed by atoms with Crippen LogP contribution >= 0.6 is 0 Å². The first-order chi connectivity index (χ1) is 16.8. The zero-order valence-corrected chi connectivity index (χ0v) is 20.6. The number of nitrogens with zero attached hydrogens (tertiary/aromatic N) is 3. The van der Waals surface area contributed by atoms with E-state index in [1.54, 1.807) is 39.0 Å². The van der Waals surface area contributed by atoms with Crippen molar-refractivity contribution in [3.8, 4) is 0 Å². The van der Waals surface area contributed by atoms with E-state index in [1.165, 1.54) is 6.07 Å². The highest BCUT2D eigenvalue weighted by atomic mass is 19.1. The van der Waals surface area contributed by atoms with E-state index in [2.05, 4.69) is 25.8 Å². The van der Waals surface area contributed by atoms with E-state index >= 15 is 0 Å². The van der Waals surface area contributed by atoms with Crippen molar-refractivity contribution in [3.63, 3.8) is 0 Å². The Morgan fingerprint density at radius 1 is 1.20 bits per heavy atom. The number of oxime groups is 1. The van der Waals surface area contributed by atoms with Crippen LogP contribution in [0, 0.1) is 25.6 Å². The fourth-order valence-electron chi connectivity index (χ4n) is 4.75. The van der Waals surface area contributed by atoms with Crippen molar-refractivity contribution >= 4 is 11.6 Å². The fraction of sp³-hybridized carbons (Fsp3) is 0.538. The summed E-state index contributed by atoms with van der Waals surface area (Å²) in [6.07, 6.45) is 4.53. The maximum absolute atomic E-state index is 13.5. The normalized spacial score (nSPS) is 22.9. The number of rotatable bonds is 8. The van der Waals surface area contributed by atoms with Gasteiger partial charge in [-0.25, -0.2) is 14.4 Å². The lowest BCUT2D eigenvalue weighted by Gasteiger charge is -2.31. The van der Waals surface area contributed by atoms with Crippen LogP contribution in [0.25, 0.3) is 0 Å². The van der Waals surface area contributed by atoms with Gasteiger partial charge in [-0.05, 0) is 75.6 Å².